The normalized spacial score (nSPS) is 10.9. The van der Waals surface area contributed by atoms with Crippen LogP contribution in [0.25, 0.3) is 32.7 Å². The summed E-state index contributed by atoms with van der Waals surface area (Å²) in [5.41, 5.74) is 7.48. The van der Waals surface area contributed by atoms with E-state index >= 15 is 0 Å². The number of nitrogens with one attached hydrogen (secondary N) is 1. The average molecular weight is 478 g/mol. The van der Waals surface area contributed by atoms with Crippen LogP contribution in [-0.4, -0.2) is 15.8 Å². The molecule has 9 nitrogen and oxygen atoms in total. The van der Waals surface area contributed by atoms with Crippen molar-refractivity contribution in [3.8, 4) is 11.1 Å². The Balaban J connectivity index is 1.72. The number of anilines is 2. The molecule has 176 valence electrons. The van der Waals surface area contributed by atoms with Crippen LogP contribution in [0.15, 0.2) is 91.0 Å². The van der Waals surface area contributed by atoms with Gasteiger partial charge in [0.15, 0.2) is 0 Å². The van der Waals surface area contributed by atoms with E-state index in [2.05, 4.69) is 5.32 Å². The summed E-state index contributed by atoms with van der Waals surface area (Å²) < 4.78 is 0. The SMILES string of the molecule is Nc1ccc2ccccc2c1-c1c(NC(=O)c2cc([N+](=O)[O-])cc([N+](=O)[O-])c2)ccc2ccccc12. The summed E-state index contributed by atoms with van der Waals surface area (Å²) in [6, 6.07) is 25.5. The molecule has 0 spiro atoms. The highest BCUT2D eigenvalue weighted by Crippen LogP contribution is 2.42. The number of rotatable bonds is 5. The lowest BCUT2D eigenvalue weighted by Crippen LogP contribution is -2.14. The molecule has 0 aromatic heterocycles. The van der Waals surface area contributed by atoms with E-state index in [9.17, 15) is 25.0 Å². The molecular formula is C27H18N4O5. The van der Waals surface area contributed by atoms with Crippen molar-refractivity contribution in [2.75, 3.05) is 11.1 Å². The van der Waals surface area contributed by atoms with Gasteiger partial charge in [0.2, 0.25) is 0 Å². The summed E-state index contributed by atoms with van der Waals surface area (Å²) in [5, 5.41) is 29.0. The topological polar surface area (TPSA) is 141 Å². The number of nitrogens with zero attached hydrogens (tertiary/aromatic N) is 2. The minimum absolute atomic E-state index is 0.207. The van der Waals surface area contributed by atoms with Gasteiger partial charge < -0.3 is 11.1 Å². The first-order valence-corrected chi connectivity index (χ1v) is 10.9. The molecule has 5 rings (SSSR count). The van der Waals surface area contributed by atoms with Crippen molar-refractivity contribution in [3.05, 3.63) is 117 Å². The van der Waals surface area contributed by atoms with Crippen LogP contribution < -0.4 is 11.1 Å². The number of nitro benzene ring substituents is 2. The summed E-state index contributed by atoms with van der Waals surface area (Å²) in [6.45, 7) is 0. The van der Waals surface area contributed by atoms with Crippen LogP contribution in [0.4, 0.5) is 22.7 Å². The Morgan fingerprint density at radius 2 is 1.22 bits per heavy atom. The third-order valence-electron chi connectivity index (χ3n) is 5.97. The smallest absolute Gasteiger partial charge is 0.277 e. The molecule has 9 heteroatoms. The number of carbonyl (C=O) groups is 1. The summed E-state index contributed by atoms with van der Waals surface area (Å²) in [6.07, 6.45) is 0. The Bertz CT molecular complexity index is 1680. The van der Waals surface area contributed by atoms with E-state index < -0.39 is 27.1 Å². The molecule has 0 fully saturated rings. The van der Waals surface area contributed by atoms with E-state index in [1.807, 2.05) is 60.7 Å². The highest BCUT2D eigenvalue weighted by molar-refractivity contribution is 6.16. The molecule has 0 unspecified atom stereocenters. The quantitative estimate of drug-likeness (QED) is 0.172. The van der Waals surface area contributed by atoms with Gasteiger partial charge in [-0.05, 0) is 33.7 Å². The number of hydrogen-bond acceptors (Lipinski definition) is 6. The molecule has 0 heterocycles. The molecule has 0 aliphatic rings. The number of nitrogen functional groups attached to an aromatic ring is 1. The predicted octanol–water partition coefficient (Wildman–Crippen LogP) is 6.31. The van der Waals surface area contributed by atoms with Crippen molar-refractivity contribution in [2.45, 2.75) is 0 Å². The van der Waals surface area contributed by atoms with Gasteiger partial charge in [-0.1, -0.05) is 60.7 Å². The summed E-state index contributed by atoms with van der Waals surface area (Å²) in [4.78, 5) is 34.3. The third-order valence-corrected chi connectivity index (χ3v) is 5.97. The fraction of sp³-hybridized carbons (Fsp3) is 0. The maximum Gasteiger partial charge on any atom is 0.277 e. The Morgan fingerprint density at radius 1 is 0.694 bits per heavy atom. The lowest BCUT2D eigenvalue weighted by atomic mass is 9.91. The van der Waals surface area contributed by atoms with Crippen LogP contribution in [0.2, 0.25) is 0 Å². The van der Waals surface area contributed by atoms with E-state index in [-0.39, 0.29) is 5.56 Å². The fourth-order valence-corrected chi connectivity index (χ4v) is 4.34. The van der Waals surface area contributed by atoms with Gasteiger partial charge >= 0.3 is 0 Å². The van der Waals surface area contributed by atoms with Gasteiger partial charge in [-0.25, -0.2) is 0 Å². The van der Waals surface area contributed by atoms with Crippen LogP contribution >= 0.6 is 0 Å². The van der Waals surface area contributed by atoms with Gasteiger partial charge in [-0.3, -0.25) is 25.0 Å². The van der Waals surface area contributed by atoms with Crippen LogP contribution in [0.1, 0.15) is 10.4 Å². The number of benzene rings is 5. The largest absolute Gasteiger partial charge is 0.398 e. The molecule has 36 heavy (non-hydrogen) atoms. The first kappa shape index (κ1) is 22.5. The third kappa shape index (κ3) is 3.94. The highest BCUT2D eigenvalue weighted by Gasteiger charge is 2.22. The van der Waals surface area contributed by atoms with E-state index in [1.54, 1.807) is 12.1 Å². The molecule has 0 saturated carbocycles. The van der Waals surface area contributed by atoms with Crippen molar-refractivity contribution >= 4 is 50.2 Å². The van der Waals surface area contributed by atoms with Crippen molar-refractivity contribution < 1.29 is 14.6 Å². The van der Waals surface area contributed by atoms with Gasteiger partial charge in [0.05, 0.1) is 21.5 Å². The monoisotopic (exact) mass is 478 g/mol. The minimum atomic E-state index is -0.776. The maximum absolute atomic E-state index is 13.2. The van der Waals surface area contributed by atoms with Crippen molar-refractivity contribution in [1.82, 2.24) is 0 Å². The second-order valence-corrected chi connectivity index (χ2v) is 8.17. The van der Waals surface area contributed by atoms with E-state index in [4.69, 9.17) is 5.73 Å². The number of nitrogens with two attached hydrogens (primary N) is 1. The fourth-order valence-electron chi connectivity index (χ4n) is 4.34. The number of non-ortho nitro benzene ring substituents is 2. The number of hydrogen-bond donors (Lipinski definition) is 2. The maximum atomic E-state index is 13.2. The van der Waals surface area contributed by atoms with Crippen LogP contribution in [0, 0.1) is 20.2 Å². The van der Waals surface area contributed by atoms with Gasteiger partial charge in [-0.15, -0.1) is 0 Å². The lowest BCUT2D eigenvalue weighted by molar-refractivity contribution is -0.394. The van der Waals surface area contributed by atoms with Crippen molar-refractivity contribution in [3.63, 3.8) is 0 Å². The molecule has 0 bridgehead atoms. The molecule has 5 aromatic rings. The molecule has 1 amide bonds. The molecule has 0 radical (unpaired) electrons. The van der Waals surface area contributed by atoms with Crippen LogP contribution in [-0.2, 0) is 0 Å². The molecule has 5 aromatic carbocycles. The Kier molecular flexibility index (Phi) is 5.50. The number of fused-ring (bicyclic) bond motifs is 2. The molecule has 0 aliphatic heterocycles. The van der Waals surface area contributed by atoms with Crippen molar-refractivity contribution in [1.29, 1.82) is 0 Å². The molecule has 3 N–H and O–H groups in total. The number of amides is 1. The summed E-state index contributed by atoms with van der Waals surface area (Å²) >= 11 is 0. The molecular weight excluding hydrogens is 460 g/mol. The average Bonchev–Trinajstić information content (AvgIpc) is 2.88. The van der Waals surface area contributed by atoms with Gasteiger partial charge in [0.25, 0.3) is 17.3 Å². The Morgan fingerprint density at radius 3 is 1.81 bits per heavy atom. The second kappa shape index (κ2) is 8.80. The molecule has 0 aliphatic carbocycles. The Hall–Kier alpha value is -5.31. The molecule has 0 atom stereocenters. The standard InChI is InChI=1S/C27H18N4O5/c28-23-11-9-16-5-1-3-7-21(16)25(23)26-22-8-4-2-6-17(22)10-12-24(26)29-27(32)18-13-19(30(33)34)15-20(14-18)31(35)36/h1-15H,28H2,(H,29,32). The van der Waals surface area contributed by atoms with E-state index in [0.717, 1.165) is 45.3 Å². The Labute approximate surface area is 204 Å². The molecule has 0 saturated heterocycles. The van der Waals surface area contributed by atoms with Crippen LogP contribution in [0.3, 0.4) is 0 Å². The van der Waals surface area contributed by atoms with Crippen LogP contribution in [0.5, 0.6) is 0 Å². The van der Waals surface area contributed by atoms with E-state index in [1.165, 1.54) is 0 Å². The van der Waals surface area contributed by atoms with Gasteiger partial charge in [0.1, 0.15) is 0 Å². The summed E-state index contributed by atoms with van der Waals surface area (Å²) in [5.74, 6) is -0.725. The number of nitro groups is 2. The first-order chi connectivity index (χ1) is 17.3. The number of carbonyl (C=O) groups excluding carboxylic acids is 1. The second-order valence-electron chi connectivity index (χ2n) is 8.17. The van der Waals surface area contributed by atoms with E-state index in [0.29, 0.717) is 16.9 Å². The zero-order valence-electron chi connectivity index (χ0n) is 18.7. The first-order valence-electron chi connectivity index (χ1n) is 10.9. The van der Waals surface area contributed by atoms with Crippen molar-refractivity contribution in [2.24, 2.45) is 0 Å². The lowest BCUT2D eigenvalue weighted by Gasteiger charge is -2.18. The van der Waals surface area contributed by atoms with Gasteiger partial charge in [-0.2, -0.15) is 0 Å². The van der Waals surface area contributed by atoms with Gasteiger partial charge in [0, 0.05) is 34.6 Å². The predicted molar refractivity (Wildman–Crippen MR) is 139 cm³/mol. The summed E-state index contributed by atoms with van der Waals surface area (Å²) in [7, 11) is 0. The highest BCUT2D eigenvalue weighted by atomic mass is 16.6. The minimum Gasteiger partial charge on any atom is -0.398 e. The zero-order chi connectivity index (χ0) is 25.4. The zero-order valence-corrected chi connectivity index (χ0v) is 18.7.